The molecule has 1 spiro atoms. The third-order valence-electron chi connectivity index (χ3n) is 7.02. The SMILES string of the molecule is CCCC(NC(=O)CN1C(=O)N(c2ccc(CO)cc2)C2(CCCCC2)C1=O)c1cccc(Cl)c1. The van der Waals surface area contributed by atoms with Crippen LogP contribution in [0, 0.1) is 0 Å². The van der Waals surface area contributed by atoms with Gasteiger partial charge in [0.2, 0.25) is 5.91 Å². The topological polar surface area (TPSA) is 90.0 Å². The normalized spacial score (nSPS) is 18.3. The van der Waals surface area contributed by atoms with Crippen molar-refractivity contribution in [3.05, 3.63) is 64.7 Å². The number of benzene rings is 2. The largest absolute Gasteiger partial charge is 0.392 e. The number of aliphatic hydroxyl groups excluding tert-OH is 1. The van der Waals surface area contributed by atoms with Crippen molar-refractivity contribution in [3.8, 4) is 0 Å². The highest BCUT2D eigenvalue weighted by molar-refractivity contribution is 6.30. The molecule has 2 aliphatic rings. The van der Waals surface area contributed by atoms with Gasteiger partial charge in [0.05, 0.1) is 12.6 Å². The van der Waals surface area contributed by atoms with Crippen molar-refractivity contribution in [1.29, 1.82) is 0 Å². The maximum absolute atomic E-state index is 13.7. The molecular formula is C27H32ClN3O4. The maximum Gasteiger partial charge on any atom is 0.332 e. The van der Waals surface area contributed by atoms with Gasteiger partial charge in [0.1, 0.15) is 12.1 Å². The van der Waals surface area contributed by atoms with Gasteiger partial charge in [-0.25, -0.2) is 4.79 Å². The Morgan fingerprint density at radius 2 is 1.83 bits per heavy atom. The molecule has 2 fully saturated rings. The van der Waals surface area contributed by atoms with Crippen molar-refractivity contribution in [3.63, 3.8) is 0 Å². The molecule has 2 aromatic carbocycles. The Bertz CT molecular complexity index is 1080. The average molecular weight is 498 g/mol. The molecule has 0 radical (unpaired) electrons. The lowest BCUT2D eigenvalue weighted by Gasteiger charge is -2.38. The molecule has 186 valence electrons. The van der Waals surface area contributed by atoms with E-state index in [4.69, 9.17) is 11.6 Å². The number of halogens is 1. The molecule has 8 heteroatoms. The Hall–Kier alpha value is -2.90. The van der Waals surface area contributed by atoms with Crippen LogP contribution in [0.5, 0.6) is 0 Å². The van der Waals surface area contributed by atoms with Gasteiger partial charge in [-0.3, -0.25) is 19.4 Å². The number of amides is 4. The minimum Gasteiger partial charge on any atom is -0.392 e. The lowest BCUT2D eigenvalue weighted by molar-refractivity contribution is -0.135. The predicted molar refractivity (Wildman–Crippen MR) is 135 cm³/mol. The number of aliphatic hydroxyl groups is 1. The summed E-state index contributed by atoms with van der Waals surface area (Å²) in [4.78, 5) is 43.0. The van der Waals surface area contributed by atoms with E-state index in [1.54, 1.807) is 35.2 Å². The number of carbonyl (C=O) groups excluding carboxylic acids is 3. The molecule has 0 bridgehead atoms. The molecule has 1 saturated carbocycles. The number of rotatable bonds is 8. The summed E-state index contributed by atoms with van der Waals surface area (Å²) in [5, 5.41) is 13.0. The fraction of sp³-hybridized carbons (Fsp3) is 0.444. The first kappa shape index (κ1) is 25.2. The van der Waals surface area contributed by atoms with Gasteiger partial charge in [0, 0.05) is 10.7 Å². The second-order valence-electron chi connectivity index (χ2n) is 9.39. The first-order valence-electron chi connectivity index (χ1n) is 12.3. The van der Waals surface area contributed by atoms with Gasteiger partial charge < -0.3 is 10.4 Å². The summed E-state index contributed by atoms with van der Waals surface area (Å²) in [6.07, 6.45) is 5.40. The minimum absolute atomic E-state index is 0.101. The summed E-state index contributed by atoms with van der Waals surface area (Å²) < 4.78 is 0. The van der Waals surface area contributed by atoms with Gasteiger partial charge in [-0.05, 0) is 54.7 Å². The van der Waals surface area contributed by atoms with Crippen molar-refractivity contribution in [2.75, 3.05) is 11.4 Å². The molecule has 1 unspecified atom stereocenters. The summed E-state index contributed by atoms with van der Waals surface area (Å²) in [6, 6.07) is 13.6. The Morgan fingerprint density at radius 1 is 1.11 bits per heavy atom. The number of imide groups is 1. The zero-order valence-corrected chi connectivity index (χ0v) is 20.8. The van der Waals surface area contributed by atoms with Crippen LogP contribution in [-0.2, 0) is 16.2 Å². The molecule has 4 amide bonds. The van der Waals surface area contributed by atoms with E-state index in [-0.39, 0.29) is 31.0 Å². The van der Waals surface area contributed by atoms with Gasteiger partial charge in [-0.15, -0.1) is 0 Å². The predicted octanol–water partition coefficient (Wildman–Crippen LogP) is 4.96. The van der Waals surface area contributed by atoms with E-state index < -0.39 is 11.6 Å². The Balaban J connectivity index is 1.57. The number of nitrogens with one attached hydrogen (secondary N) is 1. The van der Waals surface area contributed by atoms with Crippen LogP contribution in [0.25, 0.3) is 0 Å². The van der Waals surface area contributed by atoms with Gasteiger partial charge in [0.15, 0.2) is 0 Å². The van der Waals surface area contributed by atoms with Crippen LogP contribution < -0.4 is 10.2 Å². The third kappa shape index (κ3) is 5.07. The quantitative estimate of drug-likeness (QED) is 0.504. The van der Waals surface area contributed by atoms with Crippen LogP contribution in [0.4, 0.5) is 10.5 Å². The van der Waals surface area contributed by atoms with Crippen LogP contribution in [0.2, 0.25) is 5.02 Å². The second kappa shape index (κ2) is 10.8. The zero-order valence-electron chi connectivity index (χ0n) is 20.0. The van der Waals surface area contributed by atoms with Crippen molar-refractivity contribution in [2.24, 2.45) is 0 Å². The maximum atomic E-state index is 13.7. The highest BCUT2D eigenvalue weighted by Crippen LogP contribution is 2.43. The number of urea groups is 1. The fourth-order valence-corrected chi connectivity index (χ4v) is 5.48. The molecule has 1 aliphatic heterocycles. The van der Waals surface area contributed by atoms with E-state index >= 15 is 0 Å². The summed E-state index contributed by atoms with van der Waals surface area (Å²) in [6.45, 7) is 1.60. The van der Waals surface area contributed by atoms with Gasteiger partial charge in [-0.2, -0.15) is 0 Å². The fourth-order valence-electron chi connectivity index (χ4n) is 5.28. The highest BCUT2D eigenvalue weighted by atomic mass is 35.5. The van der Waals surface area contributed by atoms with E-state index in [1.807, 2.05) is 25.1 Å². The van der Waals surface area contributed by atoms with Crippen LogP contribution >= 0.6 is 11.6 Å². The highest BCUT2D eigenvalue weighted by Gasteiger charge is 2.58. The molecule has 1 heterocycles. The molecule has 7 nitrogen and oxygen atoms in total. The third-order valence-corrected chi connectivity index (χ3v) is 7.25. The lowest BCUT2D eigenvalue weighted by atomic mass is 9.80. The zero-order chi connectivity index (χ0) is 25.0. The smallest absolute Gasteiger partial charge is 0.332 e. The van der Waals surface area contributed by atoms with Crippen molar-refractivity contribution < 1.29 is 19.5 Å². The van der Waals surface area contributed by atoms with E-state index in [9.17, 15) is 19.5 Å². The number of hydrogen-bond acceptors (Lipinski definition) is 4. The van der Waals surface area contributed by atoms with Crippen LogP contribution in [-0.4, -0.2) is 39.9 Å². The lowest BCUT2D eigenvalue weighted by Crippen LogP contribution is -2.51. The number of anilines is 1. The second-order valence-corrected chi connectivity index (χ2v) is 9.83. The number of hydrogen-bond donors (Lipinski definition) is 2. The average Bonchev–Trinajstić information content (AvgIpc) is 3.05. The van der Waals surface area contributed by atoms with E-state index in [2.05, 4.69) is 5.32 Å². The summed E-state index contributed by atoms with van der Waals surface area (Å²) in [7, 11) is 0. The summed E-state index contributed by atoms with van der Waals surface area (Å²) in [5.74, 6) is -0.688. The molecule has 35 heavy (non-hydrogen) atoms. The first-order valence-corrected chi connectivity index (χ1v) is 12.7. The van der Waals surface area contributed by atoms with Crippen LogP contribution in [0.15, 0.2) is 48.5 Å². The summed E-state index contributed by atoms with van der Waals surface area (Å²) >= 11 is 6.15. The monoisotopic (exact) mass is 497 g/mol. The molecule has 1 saturated heterocycles. The molecule has 4 rings (SSSR count). The van der Waals surface area contributed by atoms with Gasteiger partial charge >= 0.3 is 6.03 Å². The van der Waals surface area contributed by atoms with E-state index in [1.165, 1.54) is 0 Å². The molecule has 2 aromatic rings. The van der Waals surface area contributed by atoms with Crippen molar-refractivity contribution in [2.45, 2.75) is 70.1 Å². The van der Waals surface area contributed by atoms with Crippen LogP contribution in [0.3, 0.4) is 0 Å². The molecule has 2 N–H and O–H groups in total. The van der Waals surface area contributed by atoms with Crippen LogP contribution in [0.1, 0.15) is 69.0 Å². The van der Waals surface area contributed by atoms with Gasteiger partial charge in [-0.1, -0.05) is 68.5 Å². The Morgan fingerprint density at radius 3 is 2.46 bits per heavy atom. The van der Waals surface area contributed by atoms with Crippen molar-refractivity contribution in [1.82, 2.24) is 10.2 Å². The molecule has 0 aromatic heterocycles. The Kier molecular flexibility index (Phi) is 7.77. The first-order chi connectivity index (χ1) is 16.9. The molecular weight excluding hydrogens is 466 g/mol. The number of carbonyl (C=O) groups is 3. The molecule has 1 aliphatic carbocycles. The standard InChI is InChI=1S/C27H32ClN3O4/c1-2-7-23(20-8-6-9-21(28)16-20)29-24(33)17-30-25(34)27(14-4-3-5-15-27)31(26(30)35)22-12-10-19(18-32)11-13-22/h6,8-13,16,23,32H,2-5,7,14-15,17-18H2,1H3,(H,29,33). The Labute approximate surface area is 211 Å². The minimum atomic E-state index is -0.966. The van der Waals surface area contributed by atoms with E-state index in [0.29, 0.717) is 30.0 Å². The van der Waals surface area contributed by atoms with Crippen molar-refractivity contribution >= 4 is 35.1 Å². The molecule has 1 atom stereocenters. The summed E-state index contributed by atoms with van der Waals surface area (Å²) in [5.41, 5.74) is 1.25. The van der Waals surface area contributed by atoms with Gasteiger partial charge in [0.25, 0.3) is 5.91 Å². The number of nitrogens with zero attached hydrogens (tertiary/aromatic N) is 2. The van der Waals surface area contributed by atoms with E-state index in [0.717, 1.165) is 41.7 Å².